The molecule has 0 heterocycles. The Labute approximate surface area is 61.0 Å². The minimum absolute atomic E-state index is 0.0920. The maximum Gasteiger partial charge on any atom is 0.133 e. The molecule has 0 saturated carbocycles. The monoisotopic (exact) mass is 148 g/mol. The van der Waals surface area contributed by atoms with Crippen LogP contribution >= 0.6 is 12.6 Å². The van der Waals surface area contributed by atoms with Crippen molar-refractivity contribution >= 4 is 18.4 Å². The summed E-state index contributed by atoms with van der Waals surface area (Å²) < 4.78 is 4.89. The molecule has 0 amide bonds. The van der Waals surface area contributed by atoms with E-state index in [0.717, 1.165) is 0 Å². The van der Waals surface area contributed by atoms with Crippen LogP contribution in [0.15, 0.2) is 0 Å². The average Bonchev–Trinajstić information content (AvgIpc) is 1.63. The zero-order valence-electron chi connectivity index (χ0n) is 5.97. The number of rotatable bonds is 3. The van der Waals surface area contributed by atoms with Gasteiger partial charge in [0.05, 0.1) is 0 Å². The van der Waals surface area contributed by atoms with Gasteiger partial charge in [-0.25, -0.2) is 0 Å². The standard InChI is InChI=1S/C6H12O2S/c1-5(7)4-6(2,9)8-3/h9H,4H2,1-3H3. The highest BCUT2D eigenvalue weighted by molar-refractivity contribution is 7.81. The third-order valence-electron chi connectivity index (χ3n) is 1.02. The third kappa shape index (κ3) is 4.48. The maximum absolute atomic E-state index is 10.5. The van der Waals surface area contributed by atoms with Crippen LogP contribution in [-0.4, -0.2) is 17.8 Å². The molecule has 0 radical (unpaired) electrons. The van der Waals surface area contributed by atoms with Gasteiger partial charge in [-0.1, -0.05) is 0 Å². The van der Waals surface area contributed by atoms with Crippen molar-refractivity contribution in [1.29, 1.82) is 0 Å². The normalized spacial score (nSPS) is 16.9. The minimum atomic E-state index is -0.591. The van der Waals surface area contributed by atoms with Gasteiger partial charge in [0.15, 0.2) is 0 Å². The zero-order valence-corrected chi connectivity index (χ0v) is 6.87. The summed E-state index contributed by atoms with van der Waals surface area (Å²) in [5.41, 5.74) is 0. The molecule has 0 rings (SSSR count). The summed E-state index contributed by atoms with van der Waals surface area (Å²) in [7, 11) is 1.54. The summed E-state index contributed by atoms with van der Waals surface area (Å²) in [6.07, 6.45) is 0.354. The first kappa shape index (κ1) is 8.98. The molecule has 0 aromatic carbocycles. The van der Waals surface area contributed by atoms with Gasteiger partial charge in [-0.3, -0.25) is 4.79 Å². The molecule has 0 bridgehead atoms. The Morgan fingerprint density at radius 2 is 2.22 bits per heavy atom. The molecule has 1 unspecified atom stereocenters. The van der Waals surface area contributed by atoms with Crippen molar-refractivity contribution in [1.82, 2.24) is 0 Å². The molecule has 0 aliphatic heterocycles. The van der Waals surface area contributed by atoms with E-state index in [9.17, 15) is 4.79 Å². The van der Waals surface area contributed by atoms with E-state index in [2.05, 4.69) is 12.6 Å². The van der Waals surface area contributed by atoms with Gasteiger partial charge in [-0.2, -0.15) is 0 Å². The van der Waals surface area contributed by atoms with Crippen LogP contribution in [0, 0.1) is 0 Å². The fourth-order valence-corrected chi connectivity index (χ4v) is 0.757. The number of hydrogen-bond donors (Lipinski definition) is 1. The van der Waals surface area contributed by atoms with Gasteiger partial charge >= 0.3 is 0 Å². The number of hydrogen-bond acceptors (Lipinski definition) is 3. The number of ketones is 1. The van der Waals surface area contributed by atoms with Gasteiger partial charge in [0.25, 0.3) is 0 Å². The molecule has 0 spiro atoms. The fourth-order valence-electron chi connectivity index (χ4n) is 0.534. The second kappa shape index (κ2) is 3.22. The average molecular weight is 148 g/mol. The fraction of sp³-hybridized carbons (Fsp3) is 0.833. The van der Waals surface area contributed by atoms with Gasteiger partial charge in [0.1, 0.15) is 10.7 Å². The Hall–Kier alpha value is -0.0200. The lowest BCUT2D eigenvalue weighted by Crippen LogP contribution is -2.22. The summed E-state index contributed by atoms with van der Waals surface area (Å²) in [5.74, 6) is 0.0920. The lowest BCUT2D eigenvalue weighted by Gasteiger charge is -2.19. The van der Waals surface area contributed by atoms with Crippen LogP contribution in [0.2, 0.25) is 0 Å². The first-order valence-electron chi connectivity index (χ1n) is 2.75. The number of carbonyl (C=O) groups excluding carboxylic acids is 1. The second-order valence-corrected chi connectivity index (χ2v) is 3.20. The highest BCUT2D eigenvalue weighted by Crippen LogP contribution is 2.18. The third-order valence-corrected chi connectivity index (χ3v) is 1.36. The molecule has 0 N–H and O–H groups in total. The van der Waals surface area contributed by atoms with E-state index < -0.39 is 4.93 Å². The van der Waals surface area contributed by atoms with Crippen LogP contribution < -0.4 is 0 Å². The summed E-state index contributed by atoms with van der Waals surface area (Å²) in [6.45, 7) is 3.28. The molecule has 0 aliphatic rings. The van der Waals surface area contributed by atoms with E-state index in [1.807, 2.05) is 0 Å². The summed E-state index contributed by atoms with van der Waals surface area (Å²) in [4.78, 5) is 9.90. The van der Waals surface area contributed by atoms with Crippen molar-refractivity contribution in [3.05, 3.63) is 0 Å². The van der Waals surface area contributed by atoms with E-state index in [0.29, 0.717) is 6.42 Å². The predicted octanol–water partition coefficient (Wildman–Crippen LogP) is 1.26. The number of thiol groups is 1. The smallest absolute Gasteiger partial charge is 0.133 e. The molecule has 3 heteroatoms. The topological polar surface area (TPSA) is 26.3 Å². The zero-order chi connectivity index (χ0) is 7.49. The Kier molecular flexibility index (Phi) is 3.22. The van der Waals surface area contributed by atoms with Crippen molar-refractivity contribution in [2.45, 2.75) is 25.2 Å². The molecule has 0 aromatic heterocycles. The molecule has 2 nitrogen and oxygen atoms in total. The van der Waals surface area contributed by atoms with Crippen LogP contribution in [0.5, 0.6) is 0 Å². The summed E-state index contributed by atoms with van der Waals surface area (Å²) in [6, 6.07) is 0. The second-order valence-electron chi connectivity index (χ2n) is 2.26. The first-order valence-corrected chi connectivity index (χ1v) is 3.19. The Balaban J connectivity index is 3.71. The van der Waals surface area contributed by atoms with Crippen molar-refractivity contribution in [3.63, 3.8) is 0 Å². The van der Waals surface area contributed by atoms with Crippen molar-refractivity contribution in [3.8, 4) is 0 Å². The predicted molar refractivity (Wildman–Crippen MR) is 39.7 cm³/mol. The van der Waals surface area contributed by atoms with Crippen molar-refractivity contribution < 1.29 is 9.53 Å². The van der Waals surface area contributed by atoms with Crippen LogP contribution in [0.25, 0.3) is 0 Å². The molecule has 0 saturated heterocycles. The van der Waals surface area contributed by atoms with E-state index in [1.165, 1.54) is 14.0 Å². The number of methoxy groups -OCH3 is 1. The van der Waals surface area contributed by atoms with Gasteiger partial charge in [-0.15, -0.1) is 12.6 Å². The highest BCUT2D eigenvalue weighted by Gasteiger charge is 2.19. The number of Topliss-reactive ketones (excluding diaryl/α,β-unsaturated/α-hetero) is 1. The SMILES string of the molecule is COC(C)(S)CC(C)=O. The van der Waals surface area contributed by atoms with Crippen LogP contribution in [-0.2, 0) is 9.53 Å². The lowest BCUT2D eigenvalue weighted by molar-refractivity contribution is -0.119. The number of ether oxygens (including phenoxy) is 1. The Morgan fingerprint density at radius 1 is 1.78 bits per heavy atom. The molecule has 0 fully saturated rings. The highest BCUT2D eigenvalue weighted by atomic mass is 32.1. The van der Waals surface area contributed by atoms with Crippen LogP contribution in [0.1, 0.15) is 20.3 Å². The molecular weight excluding hydrogens is 136 g/mol. The van der Waals surface area contributed by atoms with Gasteiger partial charge in [0, 0.05) is 13.5 Å². The molecule has 0 aliphatic carbocycles. The van der Waals surface area contributed by atoms with E-state index in [4.69, 9.17) is 4.74 Å². The molecule has 0 aromatic rings. The molecule has 54 valence electrons. The Morgan fingerprint density at radius 3 is 2.33 bits per heavy atom. The van der Waals surface area contributed by atoms with Crippen molar-refractivity contribution in [2.75, 3.05) is 7.11 Å². The molecule has 1 atom stereocenters. The van der Waals surface area contributed by atoms with E-state index in [-0.39, 0.29) is 5.78 Å². The maximum atomic E-state index is 10.5. The minimum Gasteiger partial charge on any atom is -0.368 e. The first-order chi connectivity index (χ1) is 3.98. The largest absolute Gasteiger partial charge is 0.368 e. The van der Waals surface area contributed by atoms with Gasteiger partial charge in [0.2, 0.25) is 0 Å². The number of carbonyl (C=O) groups is 1. The van der Waals surface area contributed by atoms with Gasteiger partial charge in [-0.05, 0) is 13.8 Å². The van der Waals surface area contributed by atoms with Crippen LogP contribution in [0.4, 0.5) is 0 Å². The lowest BCUT2D eigenvalue weighted by atomic mass is 10.2. The van der Waals surface area contributed by atoms with E-state index >= 15 is 0 Å². The van der Waals surface area contributed by atoms with Crippen LogP contribution in [0.3, 0.4) is 0 Å². The van der Waals surface area contributed by atoms with E-state index in [1.54, 1.807) is 6.92 Å². The Bertz CT molecular complexity index is 110. The quantitative estimate of drug-likeness (QED) is 0.481. The molecular formula is C6H12O2S. The summed E-state index contributed by atoms with van der Waals surface area (Å²) in [5, 5.41) is 0. The molecule has 9 heavy (non-hydrogen) atoms. The van der Waals surface area contributed by atoms with Crippen molar-refractivity contribution in [2.24, 2.45) is 0 Å². The van der Waals surface area contributed by atoms with Gasteiger partial charge < -0.3 is 4.74 Å². The summed E-state index contributed by atoms with van der Waals surface area (Å²) >= 11 is 4.08.